The van der Waals surface area contributed by atoms with Crippen molar-refractivity contribution < 1.29 is 23.8 Å². The van der Waals surface area contributed by atoms with Gasteiger partial charge in [-0.1, -0.05) is 12.1 Å². The number of carbonyl (C=O) groups excluding carboxylic acids is 2. The van der Waals surface area contributed by atoms with Gasteiger partial charge >= 0.3 is 5.97 Å². The van der Waals surface area contributed by atoms with Crippen LogP contribution in [0.1, 0.15) is 30.1 Å². The van der Waals surface area contributed by atoms with Crippen LogP contribution in [0.4, 0.5) is 5.00 Å². The van der Waals surface area contributed by atoms with Crippen molar-refractivity contribution >= 4 is 28.2 Å². The van der Waals surface area contributed by atoms with Gasteiger partial charge in [-0.05, 0) is 37.5 Å². The van der Waals surface area contributed by atoms with E-state index in [0.29, 0.717) is 10.6 Å². The molecule has 1 amide bonds. The number of benzene rings is 1. The lowest BCUT2D eigenvalue weighted by atomic mass is 10.0. The summed E-state index contributed by atoms with van der Waals surface area (Å²) in [5.74, 6) is 0.151. The normalized spacial score (nSPS) is 15.0. The molecule has 1 aliphatic rings. The van der Waals surface area contributed by atoms with E-state index >= 15 is 0 Å². The van der Waals surface area contributed by atoms with E-state index in [2.05, 4.69) is 10.2 Å². The SMILES string of the molecule is CCOC(=O)c1c(-c2ccc(OC)cc2)csc1NC(=O)CN1CCC(OC)CC1. The maximum absolute atomic E-state index is 12.7. The molecule has 0 bridgehead atoms. The number of nitrogens with zero attached hydrogens (tertiary/aromatic N) is 1. The first-order chi connectivity index (χ1) is 14.5. The Balaban J connectivity index is 1.76. The van der Waals surface area contributed by atoms with Crippen LogP contribution in [-0.4, -0.2) is 63.3 Å². The van der Waals surface area contributed by atoms with Gasteiger partial charge in [0.25, 0.3) is 0 Å². The molecule has 0 unspecified atom stereocenters. The fraction of sp³-hybridized carbons (Fsp3) is 0.455. The van der Waals surface area contributed by atoms with Crippen molar-refractivity contribution in [3.05, 3.63) is 35.2 Å². The molecule has 1 aromatic heterocycles. The van der Waals surface area contributed by atoms with Crippen LogP contribution in [0.15, 0.2) is 29.6 Å². The molecule has 3 rings (SSSR count). The predicted octanol–water partition coefficient (Wildman–Crippen LogP) is 3.65. The van der Waals surface area contributed by atoms with E-state index in [9.17, 15) is 9.59 Å². The Hall–Kier alpha value is -2.42. The van der Waals surface area contributed by atoms with Crippen LogP contribution in [0.3, 0.4) is 0 Å². The zero-order valence-corrected chi connectivity index (χ0v) is 18.4. The third-order valence-corrected chi connectivity index (χ3v) is 6.06. The van der Waals surface area contributed by atoms with Crippen LogP contribution in [0.25, 0.3) is 11.1 Å². The number of rotatable bonds is 8. The molecule has 1 N–H and O–H groups in total. The van der Waals surface area contributed by atoms with Crippen molar-refractivity contribution in [1.29, 1.82) is 0 Å². The van der Waals surface area contributed by atoms with Crippen LogP contribution < -0.4 is 10.1 Å². The highest BCUT2D eigenvalue weighted by Crippen LogP contribution is 2.37. The summed E-state index contributed by atoms with van der Waals surface area (Å²) in [6.07, 6.45) is 2.10. The number of anilines is 1. The van der Waals surface area contributed by atoms with Crippen molar-refractivity contribution in [2.75, 3.05) is 45.8 Å². The molecule has 0 atom stereocenters. The average molecular weight is 433 g/mol. The van der Waals surface area contributed by atoms with Gasteiger partial charge < -0.3 is 19.5 Å². The van der Waals surface area contributed by atoms with Gasteiger partial charge in [0.2, 0.25) is 5.91 Å². The first-order valence-corrected chi connectivity index (χ1v) is 10.9. The largest absolute Gasteiger partial charge is 0.497 e. The first-order valence-electron chi connectivity index (χ1n) is 10.0. The van der Waals surface area contributed by atoms with E-state index in [1.807, 2.05) is 29.6 Å². The van der Waals surface area contributed by atoms with E-state index in [0.717, 1.165) is 42.8 Å². The number of piperidine rings is 1. The van der Waals surface area contributed by atoms with Crippen molar-refractivity contribution in [2.24, 2.45) is 0 Å². The Morgan fingerprint density at radius 1 is 1.17 bits per heavy atom. The molecule has 1 aromatic carbocycles. The molecule has 1 aliphatic heterocycles. The molecule has 0 aliphatic carbocycles. The Kier molecular flexibility index (Phi) is 7.84. The second-order valence-corrected chi connectivity index (χ2v) is 7.94. The number of nitrogens with one attached hydrogen (secondary N) is 1. The van der Waals surface area contributed by atoms with Gasteiger partial charge in [0.15, 0.2) is 0 Å². The lowest BCUT2D eigenvalue weighted by Crippen LogP contribution is -2.41. The second-order valence-electron chi connectivity index (χ2n) is 7.06. The summed E-state index contributed by atoms with van der Waals surface area (Å²) in [6, 6.07) is 7.44. The molecule has 0 radical (unpaired) electrons. The summed E-state index contributed by atoms with van der Waals surface area (Å²) < 4.78 is 15.8. The zero-order chi connectivity index (χ0) is 21.5. The van der Waals surface area contributed by atoms with Crippen LogP contribution in [0, 0.1) is 0 Å². The number of esters is 1. The van der Waals surface area contributed by atoms with Crippen LogP contribution >= 0.6 is 11.3 Å². The summed E-state index contributed by atoms with van der Waals surface area (Å²) in [6.45, 7) is 3.95. The molecule has 1 saturated heterocycles. The molecule has 162 valence electrons. The summed E-state index contributed by atoms with van der Waals surface area (Å²) in [4.78, 5) is 27.4. The number of likely N-dealkylation sites (tertiary alicyclic amines) is 1. The van der Waals surface area contributed by atoms with E-state index in [-0.39, 0.29) is 25.2 Å². The third kappa shape index (κ3) is 5.38. The van der Waals surface area contributed by atoms with E-state index < -0.39 is 5.97 Å². The number of methoxy groups -OCH3 is 2. The summed E-state index contributed by atoms with van der Waals surface area (Å²) >= 11 is 1.33. The molecule has 1 fully saturated rings. The Labute approximate surface area is 180 Å². The lowest BCUT2D eigenvalue weighted by molar-refractivity contribution is -0.117. The lowest BCUT2D eigenvalue weighted by Gasteiger charge is -2.30. The highest BCUT2D eigenvalue weighted by Gasteiger charge is 2.25. The van der Waals surface area contributed by atoms with Gasteiger partial charge in [0, 0.05) is 31.1 Å². The molecule has 30 heavy (non-hydrogen) atoms. The first kappa shape index (κ1) is 22.3. The number of ether oxygens (including phenoxy) is 3. The molecule has 7 nitrogen and oxygen atoms in total. The van der Waals surface area contributed by atoms with Crippen molar-refractivity contribution in [3.8, 4) is 16.9 Å². The summed E-state index contributed by atoms with van der Waals surface area (Å²) in [5, 5.41) is 5.30. The summed E-state index contributed by atoms with van der Waals surface area (Å²) in [7, 11) is 3.33. The van der Waals surface area contributed by atoms with E-state index in [1.54, 1.807) is 21.1 Å². The molecular weight excluding hydrogens is 404 g/mol. The van der Waals surface area contributed by atoms with Gasteiger partial charge in [-0.2, -0.15) is 0 Å². The fourth-order valence-electron chi connectivity index (χ4n) is 3.51. The Bertz CT molecular complexity index is 857. The predicted molar refractivity (Wildman–Crippen MR) is 117 cm³/mol. The summed E-state index contributed by atoms with van der Waals surface area (Å²) in [5.41, 5.74) is 1.98. The molecule has 8 heteroatoms. The molecule has 0 spiro atoms. The standard InChI is InChI=1S/C22H28N2O5S/c1-4-29-22(26)20-18(15-5-7-16(27-2)8-6-15)14-30-21(20)23-19(25)13-24-11-9-17(28-3)10-12-24/h5-8,14,17H,4,9-13H2,1-3H3,(H,23,25). The van der Waals surface area contributed by atoms with Gasteiger partial charge in [0.1, 0.15) is 16.3 Å². The van der Waals surface area contributed by atoms with Crippen LogP contribution in [-0.2, 0) is 14.3 Å². The van der Waals surface area contributed by atoms with Crippen molar-refractivity contribution in [3.63, 3.8) is 0 Å². The smallest absolute Gasteiger partial charge is 0.341 e. The topological polar surface area (TPSA) is 77.1 Å². The number of hydrogen-bond acceptors (Lipinski definition) is 7. The maximum Gasteiger partial charge on any atom is 0.341 e. The molecule has 0 saturated carbocycles. The van der Waals surface area contributed by atoms with Crippen molar-refractivity contribution in [1.82, 2.24) is 4.90 Å². The minimum atomic E-state index is -0.444. The number of amides is 1. The number of thiophene rings is 1. The molecule has 2 aromatic rings. The van der Waals surface area contributed by atoms with Gasteiger partial charge in [-0.3, -0.25) is 9.69 Å². The highest BCUT2D eigenvalue weighted by molar-refractivity contribution is 7.15. The fourth-order valence-corrected chi connectivity index (χ4v) is 4.48. The Morgan fingerprint density at radius 3 is 2.47 bits per heavy atom. The second kappa shape index (κ2) is 10.6. The highest BCUT2D eigenvalue weighted by atomic mass is 32.1. The number of carbonyl (C=O) groups is 2. The van der Waals surface area contributed by atoms with Crippen LogP contribution in [0.2, 0.25) is 0 Å². The molecule has 2 heterocycles. The minimum absolute atomic E-state index is 0.139. The van der Waals surface area contributed by atoms with Gasteiger partial charge in [0.05, 0.1) is 26.4 Å². The van der Waals surface area contributed by atoms with Gasteiger partial charge in [-0.25, -0.2) is 4.79 Å². The Morgan fingerprint density at radius 2 is 1.87 bits per heavy atom. The molecular formula is C22H28N2O5S. The minimum Gasteiger partial charge on any atom is -0.497 e. The van der Waals surface area contributed by atoms with Gasteiger partial charge in [-0.15, -0.1) is 11.3 Å². The maximum atomic E-state index is 12.7. The van der Waals surface area contributed by atoms with E-state index in [1.165, 1.54) is 11.3 Å². The average Bonchev–Trinajstić information content (AvgIpc) is 3.18. The zero-order valence-electron chi connectivity index (χ0n) is 17.6. The number of hydrogen-bond donors (Lipinski definition) is 1. The monoisotopic (exact) mass is 432 g/mol. The van der Waals surface area contributed by atoms with Crippen LogP contribution in [0.5, 0.6) is 5.75 Å². The van der Waals surface area contributed by atoms with Crippen molar-refractivity contribution in [2.45, 2.75) is 25.9 Å². The van der Waals surface area contributed by atoms with E-state index in [4.69, 9.17) is 14.2 Å². The third-order valence-electron chi connectivity index (χ3n) is 5.16. The quantitative estimate of drug-likeness (QED) is 0.642.